The fourth-order valence-electron chi connectivity index (χ4n) is 2.64. The lowest BCUT2D eigenvalue weighted by Crippen LogP contribution is -2.16. The van der Waals surface area contributed by atoms with E-state index in [0.717, 1.165) is 5.56 Å². The smallest absolute Gasteiger partial charge is 0.165 e. The van der Waals surface area contributed by atoms with E-state index in [4.69, 9.17) is 0 Å². The van der Waals surface area contributed by atoms with Crippen molar-refractivity contribution in [2.24, 2.45) is 0 Å². The fourth-order valence-corrected chi connectivity index (χ4v) is 2.64. The number of benzene rings is 3. The van der Waals surface area contributed by atoms with E-state index in [1.807, 2.05) is 60.7 Å². The van der Waals surface area contributed by atoms with Crippen LogP contribution in [0, 0.1) is 5.82 Å². The zero-order valence-corrected chi connectivity index (χ0v) is 13.2. The topological polar surface area (TPSA) is 29.1 Å². The fraction of sp³-hybridized carbons (Fsp3) is 0.0952. The Morgan fingerprint density at radius 2 is 1.54 bits per heavy atom. The third kappa shape index (κ3) is 4.07. The van der Waals surface area contributed by atoms with Gasteiger partial charge in [-0.3, -0.25) is 4.79 Å². The van der Waals surface area contributed by atoms with Crippen LogP contribution in [0.3, 0.4) is 0 Å². The summed E-state index contributed by atoms with van der Waals surface area (Å²) in [6.45, 7) is 0. The predicted octanol–water partition coefficient (Wildman–Crippen LogP) is 5.25. The highest BCUT2D eigenvalue weighted by Gasteiger charge is 2.17. The van der Waals surface area contributed by atoms with E-state index in [1.165, 1.54) is 12.1 Å². The summed E-state index contributed by atoms with van der Waals surface area (Å²) in [7, 11) is 0. The van der Waals surface area contributed by atoms with Crippen molar-refractivity contribution in [2.45, 2.75) is 12.5 Å². The molecule has 1 atom stereocenters. The van der Waals surface area contributed by atoms with E-state index in [2.05, 4.69) is 5.32 Å². The minimum atomic E-state index is -0.304. The van der Waals surface area contributed by atoms with Crippen molar-refractivity contribution in [1.29, 1.82) is 0 Å². The molecule has 0 fully saturated rings. The molecule has 0 heterocycles. The lowest BCUT2D eigenvalue weighted by atomic mass is 9.97. The third-order valence-corrected chi connectivity index (χ3v) is 3.85. The molecule has 2 nitrogen and oxygen atoms in total. The van der Waals surface area contributed by atoms with Gasteiger partial charge >= 0.3 is 0 Å². The van der Waals surface area contributed by atoms with Gasteiger partial charge in [0, 0.05) is 17.7 Å². The monoisotopic (exact) mass is 319 g/mol. The van der Waals surface area contributed by atoms with E-state index in [-0.39, 0.29) is 17.6 Å². The van der Waals surface area contributed by atoms with Crippen molar-refractivity contribution in [3.63, 3.8) is 0 Å². The largest absolute Gasteiger partial charge is 0.378 e. The number of Topliss-reactive ketones (excluding diaryl/α,β-unsaturated/α-hetero) is 1. The van der Waals surface area contributed by atoms with Gasteiger partial charge in [-0.15, -0.1) is 0 Å². The standard InChI is InChI=1S/C21H18FNO/c22-18-12-7-13-19(14-18)23-20(16-8-3-1-4-9-16)15-21(24)17-10-5-2-6-11-17/h1-14,20,23H,15H2/t20-/m0/s1. The molecule has 0 unspecified atom stereocenters. The van der Waals surface area contributed by atoms with Crippen LogP contribution < -0.4 is 5.32 Å². The molecule has 3 aromatic carbocycles. The van der Waals surface area contributed by atoms with Gasteiger partial charge in [-0.2, -0.15) is 0 Å². The summed E-state index contributed by atoms with van der Waals surface area (Å²) in [5.74, 6) is -0.255. The molecule has 120 valence electrons. The number of carbonyl (C=O) groups is 1. The quantitative estimate of drug-likeness (QED) is 0.629. The summed E-state index contributed by atoms with van der Waals surface area (Å²) < 4.78 is 13.4. The molecular formula is C21H18FNO. The van der Waals surface area contributed by atoms with Crippen molar-refractivity contribution in [2.75, 3.05) is 5.32 Å². The summed E-state index contributed by atoms with van der Waals surface area (Å²) in [6, 6.07) is 25.0. The normalized spacial score (nSPS) is 11.7. The molecule has 0 aliphatic carbocycles. The SMILES string of the molecule is O=C(C[C@H](Nc1cccc(F)c1)c1ccccc1)c1ccccc1. The number of ketones is 1. The van der Waals surface area contributed by atoms with Crippen molar-refractivity contribution in [3.05, 3.63) is 102 Å². The van der Waals surface area contributed by atoms with Crippen LogP contribution in [0.4, 0.5) is 10.1 Å². The van der Waals surface area contributed by atoms with E-state index in [0.29, 0.717) is 17.7 Å². The third-order valence-electron chi connectivity index (χ3n) is 3.85. The van der Waals surface area contributed by atoms with Crippen LogP contribution >= 0.6 is 0 Å². The zero-order valence-electron chi connectivity index (χ0n) is 13.2. The Morgan fingerprint density at radius 3 is 2.21 bits per heavy atom. The lowest BCUT2D eigenvalue weighted by Gasteiger charge is -2.20. The van der Waals surface area contributed by atoms with Crippen molar-refractivity contribution in [1.82, 2.24) is 0 Å². The van der Waals surface area contributed by atoms with E-state index in [9.17, 15) is 9.18 Å². The molecule has 0 spiro atoms. The number of hydrogen-bond donors (Lipinski definition) is 1. The second-order valence-electron chi connectivity index (χ2n) is 5.61. The zero-order chi connectivity index (χ0) is 16.8. The maximum Gasteiger partial charge on any atom is 0.165 e. The first kappa shape index (κ1) is 15.9. The van der Waals surface area contributed by atoms with Gasteiger partial charge in [0.05, 0.1) is 6.04 Å². The molecule has 0 amide bonds. The molecule has 0 bridgehead atoms. The van der Waals surface area contributed by atoms with Crippen molar-refractivity contribution < 1.29 is 9.18 Å². The first-order valence-electron chi connectivity index (χ1n) is 7.87. The molecule has 3 heteroatoms. The van der Waals surface area contributed by atoms with Gasteiger partial charge < -0.3 is 5.32 Å². The Kier molecular flexibility index (Phi) is 5.02. The molecule has 0 radical (unpaired) electrons. The van der Waals surface area contributed by atoms with E-state index < -0.39 is 0 Å². The Morgan fingerprint density at radius 1 is 0.875 bits per heavy atom. The Hall–Kier alpha value is -2.94. The van der Waals surface area contributed by atoms with Gasteiger partial charge in [0.2, 0.25) is 0 Å². The Labute approximate surface area is 141 Å². The summed E-state index contributed by atoms with van der Waals surface area (Å²) in [4.78, 5) is 12.6. The molecule has 24 heavy (non-hydrogen) atoms. The predicted molar refractivity (Wildman–Crippen MR) is 94.6 cm³/mol. The van der Waals surface area contributed by atoms with Crippen molar-refractivity contribution >= 4 is 11.5 Å². The minimum absolute atomic E-state index is 0.0494. The molecule has 3 rings (SSSR count). The number of halogens is 1. The summed E-state index contributed by atoms with van der Waals surface area (Å²) in [5, 5.41) is 3.28. The van der Waals surface area contributed by atoms with Gasteiger partial charge in [0.1, 0.15) is 5.82 Å². The van der Waals surface area contributed by atoms with Crippen molar-refractivity contribution in [3.8, 4) is 0 Å². The lowest BCUT2D eigenvalue weighted by molar-refractivity contribution is 0.0976. The van der Waals surface area contributed by atoms with Gasteiger partial charge in [0.25, 0.3) is 0 Å². The molecular weight excluding hydrogens is 301 g/mol. The number of nitrogens with one attached hydrogen (secondary N) is 1. The highest BCUT2D eigenvalue weighted by atomic mass is 19.1. The first-order valence-corrected chi connectivity index (χ1v) is 7.87. The van der Waals surface area contributed by atoms with Crippen LogP contribution in [0.1, 0.15) is 28.4 Å². The molecule has 3 aromatic rings. The second kappa shape index (κ2) is 7.55. The number of carbonyl (C=O) groups excluding carboxylic acids is 1. The first-order chi connectivity index (χ1) is 11.7. The van der Waals surface area contributed by atoms with Crippen LogP contribution in [0.25, 0.3) is 0 Å². The number of rotatable bonds is 6. The highest BCUT2D eigenvalue weighted by Crippen LogP contribution is 2.24. The van der Waals surface area contributed by atoms with Crippen LogP contribution in [0.5, 0.6) is 0 Å². The molecule has 1 N–H and O–H groups in total. The molecule has 0 aliphatic heterocycles. The van der Waals surface area contributed by atoms with Crippen LogP contribution in [0.15, 0.2) is 84.9 Å². The van der Waals surface area contributed by atoms with E-state index in [1.54, 1.807) is 12.1 Å². The summed E-state index contributed by atoms with van der Waals surface area (Å²) >= 11 is 0. The highest BCUT2D eigenvalue weighted by molar-refractivity contribution is 5.96. The maximum atomic E-state index is 13.4. The van der Waals surface area contributed by atoms with Gasteiger partial charge in [0.15, 0.2) is 5.78 Å². The van der Waals surface area contributed by atoms with Crippen LogP contribution in [-0.2, 0) is 0 Å². The van der Waals surface area contributed by atoms with Gasteiger partial charge in [-0.1, -0.05) is 66.7 Å². The minimum Gasteiger partial charge on any atom is -0.378 e. The Bertz CT molecular complexity index is 802. The average molecular weight is 319 g/mol. The van der Waals surface area contributed by atoms with Gasteiger partial charge in [-0.25, -0.2) is 4.39 Å². The number of anilines is 1. The van der Waals surface area contributed by atoms with Crippen LogP contribution in [-0.4, -0.2) is 5.78 Å². The Balaban J connectivity index is 1.84. The average Bonchev–Trinajstić information content (AvgIpc) is 2.63. The van der Waals surface area contributed by atoms with Gasteiger partial charge in [-0.05, 0) is 23.8 Å². The maximum absolute atomic E-state index is 13.4. The van der Waals surface area contributed by atoms with E-state index >= 15 is 0 Å². The molecule has 0 saturated carbocycles. The molecule has 0 saturated heterocycles. The summed E-state index contributed by atoms with van der Waals surface area (Å²) in [6.07, 6.45) is 0.296. The van der Waals surface area contributed by atoms with Crippen LogP contribution in [0.2, 0.25) is 0 Å². The summed E-state index contributed by atoms with van der Waals surface area (Å²) in [5.41, 5.74) is 2.33. The number of hydrogen-bond acceptors (Lipinski definition) is 2. The molecule has 0 aromatic heterocycles. The molecule has 0 aliphatic rings. The second-order valence-corrected chi connectivity index (χ2v) is 5.61.